The fraction of sp³-hybridized carbons (Fsp3) is 0.455. The fourth-order valence-corrected chi connectivity index (χ4v) is 2.97. The summed E-state index contributed by atoms with van der Waals surface area (Å²) in [7, 11) is 1.64. The van der Waals surface area contributed by atoms with Crippen LogP contribution in [0.25, 0.3) is 0 Å². The number of H-pyrrole nitrogens is 2. The molecule has 8 nitrogen and oxygen atoms in total. The normalized spacial score (nSPS) is 15.4. The topological polar surface area (TPSA) is 104 Å². The molecule has 3 heterocycles. The minimum atomic E-state index is -0.261. The van der Waals surface area contributed by atoms with Crippen molar-refractivity contribution in [1.29, 1.82) is 0 Å². The Morgan fingerprint density at radius 3 is 2.60 bits per heavy atom. The highest BCUT2D eigenvalue weighted by atomic mass is 32.1. The van der Waals surface area contributed by atoms with E-state index < -0.39 is 0 Å². The molecule has 0 unspecified atom stereocenters. The zero-order valence-corrected chi connectivity index (χ0v) is 11.8. The maximum absolute atomic E-state index is 12.2. The van der Waals surface area contributed by atoms with Crippen molar-refractivity contribution < 1.29 is 4.79 Å². The quantitative estimate of drug-likeness (QED) is 0.772. The van der Waals surface area contributed by atoms with Crippen LogP contribution in [0.2, 0.25) is 0 Å². The van der Waals surface area contributed by atoms with E-state index in [0.717, 1.165) is 11.3 Å². The second-order valence-electron chi connectivity index (χ2n) is 4.80. The molecule has 0 atom stereocenters. The van der Waals surface area contributed by atoms with Gasteiger partial charge in [-0.15, -0.1) is 0 Å². The number of amides is 1. The van der Waals surface area contributed by atoms with E-state index in [1.165, 1.54) is 4.57 Å². The van der Waals surface area contributed by atoms with E-state index >= 15 is 0 Å². The number of nitrogens with zero attached hydrogens (tertiary/aromatic N) is 3. The minimum absolute atomic E-state index is 0.0496. The van der Waals surface area contributed by atoms with Crippen LogP contribution in [0.4, 0.5) is 0 Å². The van der Waals surface area contributed by atoms with E-state index in [1.54, 1.807) is 18.9 Å². The molecule has 1 fully saturated rings. The van der Waals surface area contributed by atoms with Crippen molar-refractivity contribution in [2.75, 3.05) is 13.1 Å². The summed E-state index contributed by atoms with van der Waals surface area (Å²) in [4.78, 5) is 39.4. The van der Waals surface area contributed by atoms with E-state index in [1.807, 2.05) is 0 Å². The standard InChI is InChI=1S/C11H13N5O3S/c1-5-7(12-11(19)20-5)9(17)16-3-6(4-16)8-13-14-10(18)15(8)2/h6H,3-4H2,1-2H3,(H,12,19)(H,14,18). The molecule has 20 heavy (non-hydrogen) atoms. The molecule has 0 saturated carbocycles. The van der Waals surface area contributed by atoms with Crippen LogP contribution < -0.4 is 10.6 Å². The number of thiazole rings is 1. The molecule has 1 aliphatic rings. The summed E-state index contributed by atoms with van der Waals surface area (Å²) in [6, 6.07) is 0. The second-order valence-corrected chi connectivity index (χ2v) is 5.99. The largest absolute Gasteiger partial charge is 0.343 e. The van der Waals surface area contributed by atoms with Crippen molar-refractivity contribution >= 4 is 17.2 Å². The van der Waals surface area contributed by atoms with Gasteiger partial charge in [0.15, 0.2) is 0 Å². The van der Waals surface area contributed by atoms with Crippen LogP contribution >= 0.6 is 11.3 Å². The molecule has 0 radical (unpaired) electrons. The molecule has 2 aromatic rings. The van der Waals surface area contributed by atoms with Gasteiger partial charge >= 0.3 is 10.6 Å². The van der Waals surface area contributed by atoms with Crippen molar-refractivity contribution in [1.82, 2.24) is 24.6 Å². The van der Waals surface area contributed by atoms with Gasteiger partial charge in [-0.05, 0) is 6.92 Å². The zero-order valence-electron chi connectivity index (χ0n) is 11.0. The summed E-state index contributed by atoms with van der Waals surface area (Å²) >= 11 is 1.03. The lowest BCUT2D eigenvalue weighted by Gasteiger charge is -2.38. The van der Waals surface area contributed by atoms with Crippen molar-refractivity contribution in [3.8, 4) is 0 Å². The molecular weight excluding hydrogens is 282 g/mol. The molecule has 1 amide bonds. The Morgan fingerprint density at radius 1 is 1.40 bits per heavy atom. The first-order chi connectivity index (χ1) is 9.47. The van der Waals surface area contributed by atoms with E-state index in [2.05, 4.69) is 15.2 Å². The highest BCUT2D eigenvalue weighted by Gasteiger charge is 2.36. The molecule has 106 valence electrons. The van der Waals surface area contributed by atoms with E-state index in [4.69, 9.17) is 0 Å². The third-order valence-corrected chi connectivity index (χ3v) is 4.28. The molecule has 2 aromatic heterocycles. The molecule has 1 aliphatic heterocycles. The van der Waals surface area contributed by atoms with Gasteiger partial charge in [0.2, 0.25) is 0 Å². The maximum Gasteiger partial charge on any atom is 0.343 e. The van der Waals surface area contributed by atoms with Gasteiger partial charge in [0, 0.05) is 25.0 Å². The Balaban J connectivity index is 1.73. The summed E-state index contributed by atoms with van der Waals surface area (Å²) in [6.45, 7) is 2.73. The Labute approximate surface area is 117 Å². The average Bonchev–Trinajstić information content (AvgIpc) is 2.83. The van der Waals surface area contributed by atoms with Crippen LogP contribution in [-0.2, 0) is 7.05 Å². The Morgan fingerprint density at radius 2 is 2.10 bits per heavy atom. The number of rotatable bonds is 2. The van der Waals surface area contributed by atoms with Gasteiger partial charge in [0.05, 0.1) is 5.92 Å². The first-order valence-corrected chi connectivity index (χ1v) is 6.89. The monoisotopic (exact) mass is 295 g/mol. The first-order valence-electron chi connectivity index (χ1n) is 6.07. The van der Waals surface area contributed by atoms with Gasteiger partial charge in [-0.2, -0.15) is 5.10 Å². The van der Waals surface area contributed by atoms with Crippen LogP contribution in [0.15, 0.2) is 9.59 Å². The second kappa shape index (κ2) is 4.44. The number of aryl methyl sites for hydroxylation is 1. The van der Waals surface area contributed by atoms with Crippen LogP contribution in [0.1, 0.15) is 27.1 Å². The molecular formula is C11H13N5O3S. The Bertz CT molecular complexity index is 777. The number of carbonyl (C=O) groups excluding carboxylic acids is 1. The average molecular weight is 295 g/mol. The summed E-state index contributed by atoms with van der Waals surface area (Å²) in [6.07, 6.45) is 0. The van der Waals surface area contributed by atoms with E-state index in [9.17, 15) is 14.4 Å². The van der Waals surface area contributed by atoms with Gasteiger partial charge in [-0.1, -0.05) is 11.3 Å². The number of hydrogen-bond donors (Lipinski definition) is 2. The van der Waals surface area contributed by atoms with Crippen LogP contribution in [-0.4, -0.2) is 43.6 Å². The lowest BCUT2D eigenvalue weighted by Crippen LogP contribution is -2.49. The van der Waals surface area contributed by atoms with E-state index in [0.29, 0.717) is 29.5 Å². The highest BCUT2D eigenvalue weighted by Crippen LogP contribution is 2.26. The zero-order chi connectivity index (χ0) is 14.4. The smallest absolute Gasteiger partial charge is 0.336 e. The number of hydrogen-bond acceptors (Lipinski definition) is 5. The number of aromatic amines is 2. The minimum Gasteiger partial charge on any atom is -0.336 e. The number of carbonyl (C=O) groups is 1. The predicted molar refractivity (Wildman–Crippen MR) is 72.1 cm³/mol. The first kappa shape index (κ1) is 12.9. The number of nitrogens with one attached hydrogen (secondary N) is 2. The molecule has 0 spiro atoms. The van der Waals surface area contributed by atoms with Crippen LogP contribution in [0.5, 0.6) is 0 Å². The van der Waals surface area contributed by atoms with Gasteiger partial charge < -0.3 is 9.88 Å². The Hall–Kier alpha value is -2.16. The van der Waals surface area contributed by atoms with Gasteiger partial charge in [0.1, 0.15) is 11.5 Å². The molecule has 3 rings (SSSR count). The molecule has 0 aliphatic carbocycles. The summed E-state index contributed by atoms with van der Waals surface area (Å²) in [5.74, 6) is 0.515. The van der Waals surface area contributed by atoms with Crippen LogP contribution in [0.3, 0.4) is 0 Å². The summed E-state index contributed by atoms with van der Waals surface area (Å²) in [5, 5.41) is 6.34. The van der Waals surface area contributed by atoms with Crippen molar-refractivity contribution in [3.63, 3.8) is 0 Å². The van der Waals surface area contributed by atoms with Crippen molar-refractivity contribution in [2.45, 2.75) is 12.8 Å². The third kappa shape index (κ3) is 1.90. The highest BCUT2D eigenvalue weighted by molar-refractivity contribution is 7.09. The van der Waals surface area contributed by atoms with Crippen LogP contribution in [0, 0.1) is 6.92 Å². The summed E-state index contributed by atoms with van der Waals surface area (Å²) < 4.78 is 1.45. The van der Waals surface area contributed by atoms with Crippen molar-refractivity contribution in [3.05, 3.63) is 36.5 Å². The fourth-order valence-electron chi connectivity index (χ4n) is 2.30. The predicted octanol–water partition coefficient (Wildman–Crippen LogP) is -0.594. The molecule has 1 saturated heterocycles. The SMILES string of the molecule is Cc1sc(=O)[nH]c1C(=O)N1CC(c2n[nH]c(=O)n2C)C1. The maximum atomic E-state index is 12.2. The van der Waals surface area contributed by atoms with Gasteiger partial charge in [-0.3, -0.25) is 14.2 Å². The molecule has 0 bridgehead atoms. The lowest BCUT2D eigenvalue weighted by molar-refractivity contribution is 0.0585. The number of aromatic nitrogens is 4. The lowest BCUT2D eigenvalue weighted by atomic mass is 9.98. The molecule has 9 heteroatoms. The third-order valence-electron chi connectivity index (χ3n) is 3.49. The Kier molecular flexibility index (Phi) is 2.85. The molecule has 0 aromatic carbocycles. The summed E-state index contributed by atoms with van der Waals surface area (Å²) in [5.41, 5.74) is 0.0946. The number of likely N-dealkylation sites (tertiary alicyclic amines) is 1. The molecule has 2 N–H and O–H groups in total. The van der Waals surface area contributed by atoms with Crippen molar-refractivity contribution in [2.24, 2.45) is 7.05 Å². The van der Waals surface area contributed by atoms with Gasteiger partial charge in [-0.25, -0.2) is 9.89 Å². The van der Waals surface area contributed by atoms with E-state index in [-0.39, 0.29) is 22.4 Å². The van der Waals surface area contributed by atoms with Gasteiger partial charge in [0.25, 0.3) is 5.91 Å².